The zero-order valence-corrected chi connectivity index (χ0v) is 15.5. The second-order valence-corrected chi connectivity index (χ2v) is 7.03. The summed E-state index contributed by atoms with van der Waals surface area (Å²) in [6.45, 7) is 2.39. The van der Waals surface area contributed by atoms with Gasteiger partial charge in [-0.2, -0.15) is 5.16 Å². The molecule has 0 amide bonds. The lowest BCUT2D eigenvalue weighted by Crippen LogP contribution is -2.43. The lowest BCUT2D eigenvalue weighted by atomic mass is 10.1. The molecule has 0 atom stereocenters. The molecule has 154 valence electrons. The molecule has 0 bridgehead atoms. The number of fused-ring (bicyclic) bond motifs is 2. The molecule has 2 aromatic carbocycles. The van der Waals surface area contributed by atoms with Gasteiger partial charge in [0.05, 0.1) is 22.3 Å². The second kappa shape index (κ2) is 6.77. The molecule has 2 N–H and O–H groups in total. The first kappa shape index (κ1) is 18.5. The van der Waals surface area contributed by atoms with Gasteiger partial charge in [0.2, 0.25) is 11.1 Å². The quantitative estimate of drug-likeness (QED) is 0.524. The SMILES string of the molecule is O=c1[nH]oc2c1c(=O)c1cc(F)c(N3CCNCC3)cc1n2-c1ccc(F)cc1F. The molecule has 1 saturated heterocycles. The molecular formula is C20H15F3N4O3. The van der Waals surface area contributed by atoms with Crippen molar-refractivity contribution in [2.75, 3.05) is 31.1 Å². The Morgan fingerprint density at radius 1 is 0.933 bits per heavy atom. The van der Waals surface area contributed by atoms with Crippen LogP contribution in [-0.4, -0.2) is 35.9 Å². The van der Waals surface area contributed by atoms with Gasteiger partial charge >= 0.3 is 0 Å². The summed E-state index contributed by atoms with van der Waals surface area (Å²) in [5.74, 6) is -2.36. The Morgan fingerprint density at radius 2 is 1.67 bits per heavy atom. The number of pyridine rings is 1. The van der Waals surface area contributed by atoms with Gasteiger partial charge in [-0.1, -0.05) is 0 Å². The molecule has 1 aliphatic rings. The first-order valence-electron chi connectivity index (χ1n) is 9.26. The van der Waals surface area contributed by atoms with E-state index in [0.717, 1.165) is 18.2 Å². The number of halogens is 3. The third-order valence-corrected chi connectivity index (χ3v) is 5.27. The fourth-order valence-corrected chi connectivity index (χ4v) is 3.86. The number of aromatic amines is 1. The van der Waals surface area contributed by atoms with Crippen LogP contribution in [0.1, 0.15) is 0 Å². The number of hydrogen-bond donors (Lipinski definition) is 2. The number of benzene rings is 2. The molecule has 4 aromatic rings. The minimum Gasteiger partial charge on any atom is -0.367 e. The van der Waals surface area contributed by atoms with Crippen LogP contribution >= 0.6 is 0 Å². The van der Waals surface area contributed by atoms with Gasteiger partial charge in [0.15, 0.2) is 5.39 Å². The van der Waals surface area contributed by atoms with Gasteiger partial charge in [-0.05, 0) is 24.3 Å². The van der Waals surface area contributed by atoms with Crippen molar-refractivity contribution >= 4 is 27.7 Å². The highest BCUT2D eigenvalue weighted by atomic mass is 19.1. The maximum absolute atomic E-state index is 14.9. The maximum atomic E-state index is 14.9. The third kappa shape index (κ3) is 2.71. The van der Waals surface area contributed by atoms with E-state index in [1.54, 1.807) is 4.90 Å². The summed E-state index contributed by atoms with van der Waals surface area (Å²) in [4.78, 5) is 26.8. The van der Waals surface area contributed by atoms with Crippen molar-refractivity contribution < 1.29 is 17.7 Å². The molecule has 0 unspecified atom stereocenters. The molecule has 0 spiro atoms. The number of nitrogens with one attached hydrogen (secondary N) is 2. The van der Waals surface area contributed by atoms with Gasteiger partial charge < -0.3 is 14.7 Å². The number of hydrogen-bond acceptors (Lipinski definition) is 5. The average Bonchev–Trinajstić information content (AvgIpc) is 3.12. The Kier molecular flexibility index (Phi) is 4.17. The molecule has 7 nitrogen and oxygen atoms in total. The molecule has 10 heteroatoms. The van der Waals surface area contributed by atoms with Gasteiger partial charge in [-0.25, -0.2) is 13.2 Å². The number of rotatable bonds is 2. The number of anilines is 1. The molecule has 0 aliphatic carbocycles. The van der Waals surface area contributed by atoms with Crippen molar-refractivity contribution in [1.29, 1.82) is 0 Å². The molecule has 1 aliphatic heterocycles. The third-order valence-electron chi connectivity index (χ3n) is 5.27. The molecule has 30 heavy (non-hydrogen) atoms. The highest BCUT2D eigenvalue weighted by molar-refractivity contribution is 5.94. The van der Waals surface area contributed by atoms with Gasteiger partial charge in [-0.15, -0.1) is 0 Å². The topological polar surface area (TPSA) is 83.3 Å². The number of piperazine rings is 1. The Balaban J connectivity index is 1.92. The van der Waals surface area contributed by atoms with Crippen molar-refractivity contribution in [2.24, 2.45) is 0 Å². The monoisotopic (exact) mass is 416 g/mol. The van der Waals surface area contributed by atoms with Crippen LogP contribution in [0.2, 0.25) is 0 Å². The fraction of sp³-hybridized carbons (Fsp3) is 0.200. The van der Waals surface area contributed by atoms with Crippen LogP contribution < -0.4 is 21.2 Å². The lowest BCUT2D eigenvalue weighted by molar-refractivity contribution is 0.436. The van der Waals surface area contributed by atoms with E-state index in [-0.39, 0.29) is 33.4 Å². The van der Waals surface area contributed by atoms with Gasteiger partial charge in [0.25, 0.3) is 5.56 Å². The highest BCUT2D eigenvalue weighted by Crippen LogP contribution is 2.30. The largest absolute Gasteiger partial charge is 0.367 e. The Labute approximate surface area is 166 Å². The summed E-state index contributed by atoms with van der Waals surface area (Å²) in [5.41, 5.74) is -1.57. The van der Waals surface area contributed by atoms with Crippen LogP contribution in [0.15, 0.2) is 44.4 Å². The van der Waals surface area contributed by atoms with Crippen LogP contribution in [0, 0.1) is 17.5 Å². The van der Waals surface area contributed by atoms with E-state index in [4.69, 9.17) is 4.52 Å². The van der Waals surface area contributed by atoms with E-state index in [9.17, 15) is 22.8 Å². The number of H-pyrrole nitrogens is 1. The van der Waals surface area contributed by atoms with Crippen LogP contribution in [0.4, 0.5) is 18.9 Å². The minimum atomic E-state index is -0.932. The van der Waals surface area contributed by atoms with Gasteiger partial charge in [0, 0.05) is 32.2 Å². The van der Waals surface area contributed by atoms with Crippen molar-refractivity contribution in [1.82, 2.24) is 15.0 Å². The lowest BCUT2D eigenvalue weighted by Gasteiger charge is -2.30. The predicted molar refractivity (Wildman–Crippen MR) is 105 cm³/mol. The highest BCUT2D eigenvalue weighted by Gasteiger charge is 2.24. The van der Waals surface area contributed by atoms with Crippen molar-refractivity contribution in [3.63, 3.8) is 0 Å². The van der Waals surface area contributed by atoms with Crippen LogP contribution in [0.25, 0.3) is 27.7 Å². The molecule has 0 saturated carbocycles. The fourth-order valence-electron chi connectivity index (χ4n) is 3.86. The maximum Gasteiger partial charge on any atom is 0.293 e. The molecule has 1 fully saturated rings. The first-order valence-corrected chi connectivity index (χ1v) is 9.26. The molecule has 5 rings (SSSR count). The van der Waals surface area contributed by atoms with Crippen molar-refractivity contribution in [3.05, 3.63) is 68.4 Å². The Morgan fingerprint density at radius 3 is 2.40 bits per heavy atom. The van der Waals surface area contributed by atoms with Crippen LogP contribution in [0.3, 0.4) is 0 Å². The summed E-state index contributed by atoms with van der Waals surface area (Å²) >= 11 is 0. The normalized spacial score (nSPS) is 14.7. The average molecular weight is 416 g/mol. The molecule has 2 aromatic heterocycles. The summed E-state index contributed by atoms with van der Waals surface area (Å²) < 4.78 is 49.4. The van der Waals surface area contributed by atoms with Crippen molar-refractivity contribution in [2.45, 2.75) is 0 Å². The summed E-state index contributed by atoms with van der Waals surface area (Å²) in [6, 6.07) is 5.34. The molecule has 3 heterocycles. The van der Waals surface area contributed by atoms with Gasteiger partial charge in [-0.3, -0.25) is 14.2 Å². The van der Waals surface area contributed by atoms with E-state index < -0.39 is 28.4 Å². The second-order valence-electron chi connectivity index (χ2n) is 7.03. The van der Waals surface area contributed by atoms with Gasteiger partial charge in [0.1, 0.15) is 17.5 Å². The standard InChI is InChI=1S/C20H15F3N4O3/c21-10-1-2-14(12(22)7-10)27-15-9-16(26-5-3-24-4-6-26)13(23)8-11(15)18(28)17-19(29)25-30-20(17)27/h1-2,7-9,24H,3-6H2,(H,25,29). The smallest absolute Gasteiger partial charge is 0.293 e. The van der Waals surface area contributed by atoms with Crippen LogP contribution in [0.5, 0.6) is 0 Å². The summed E-state index contributed by atoms with van der Waals surface area (Å²) in [5, 5.41) is 4.74. The number of nitrogens with zero attached hydrogens (tertiary/aromatic N) is 2. The number of aromatic nitrogens is 2. The van der Waals surface area contributed by atoms with E-state index in [1.165, 1.54) is 10.6 Å². The van der Waals surface area contributed by atoms with E-state index >= 15 is 0 Å². The molecule has 0 radical (unpaired) electrons. The Bertz CT molecular complexity index is 1420. The van der Waals surface area contributed by atoms with E-state index in [2.05, 4.69) is 10.5 Å². The zero-order chi connectivity index (χ0) is 21.0. The van der Waals surface area contributed by atoms with Crippen molar-refractivity contribution in [3.8, 4) is 5.69 Å². The Hall–Kier alpha value is -3.53. The first-order chi connectivity index (χ1) is 14.5. The minimum absolute atomic E-state index is 0.116. The van der Waals surface area contributed by atoms with Crippen LogP contribution in [-0.2, 0) is 0 Å². The zero-order valence-electron chi connectivity index (χ0n) is 15.5. The summed E-state index contributed by atoms with van der Waals surface area (Å²) in [7, 11) is 0. The molecular weight excluding hydrogens is 401 g/mol. The van der Waals surface area contributed by atoms with E-state index in [0.29, 0.717) is 32.2 Å². The summed E-state index contributed by atoms with van der Waals surface area (Å²) in [6.07, 6.45) is 0. The predicted octanol–water partition coefficient (Wildman–Crippen LogP) is 2.25. The van der Waals surface area contributed by atoms with E-state index in [1.807, 2.05) is 0 Å².